The van der Waals surface area contributed by atoms with Gasteiger partial charge in [0.15, 0.2) is 0 Å². The average molecular weight is 251 g/mol. The molecule has 1 aromatic heterocycles. The number of nitrogens with one attached hydrogen (secondary N) is 1. The second-order valence-electron chi connectivity index (χ2n) is 4.32. The monoisotopic (exact) mass is 251 g/mol. The summed E-state index contributed by atoms with van der Waals surface area (Å²) in [6.07, 6.45) is 0. The van der Waals surface area contributed by atoms with Crippen LogP contribution in [0.3, 0.4) is 0 Å². The summed E-state index contributed by atoms with van der Waals surface area (Å²) in [5.74, 6) is 0.537. The van der Waals surface area contributed by atoms with Gasteiger partial charge in [-0.3, -0.25) is 4.79 Å². The molecular formula is C13H21N3O2. The van der Waals surface area contributed by atoms with Gasteiger partial charge in [-0.15, -0.1) is 0 Å². The summed E-state index contributed by atoms with van der Waals surface area (Å²) in [6, 6.07) is 5.59. The van der Waals surface area contributed by atoms with E-state index >= 15 is 0 Å². The highest BCUT2D eigenvalue weighted by molar-refractivity contribution is 5.92. The Morgan fingerprint density at radius 1 is 1.50 bits per heavy atom. The van der Waals surface area contributed by atoms with E-state index in [4.69, 9.17) is 5.11 Å². The highest BCUT2D eigenvalue weighted by Crippen LogP contribution is 2.08. The summed E-state index contributed by atoms with van der Waals surface area (Å²) in [6.45, 7) is 6.76. The SMILES string of the molecule is CCN(CCO)C(=O)c1cccc(NC(C)C)n1. The molecule has 5 nitrogen and oxygen atoms in total. The van der Waals surface area contributed by atoms with Gasteiger partial charge in [0.05, 0.1) is 6.61 Å². The van der Waals surface area contributed by atoms with Crippen molar-refractivity contribution in [1.82, 2.24) is 9.88 Å². The Morgan fingerprint density at radius 2 is 2.22 bits per heavy atom. The van der Waals surface area contributed by atoms with E-state index in [1.807, 2.05) is 26.8 Å². The molecule has 100 valence electrons. The lowest BCUT2D eigenvalue weighted by Crippen LogP contribution is -2.34. The number of aliphatic hydroxyl groups excluding tert-OH is 1. The van der Waals surface area contributed by atoms with Crippen LogP contribution in [-0.2, 0) is 0 Å². The van der Waals surface area contributed by atoms with Gasteiger partial charge < -0.3 is 15.3 Å². The molecule has 0 atom stereocenters. The zero-order chi connectivity index (χ0) is 13.5. The first-order valence-electron chi connectivity index (χ1n) is 6.22. The van der Waals surface area contributed by atoms with Crippen molar-refractivity contribution in [2.75, 3.05) is 25.0 Å². The van der Waals surface area contributed by atoms with Crippen molar-refractivity contribution in [3.63, 3.8) is 0 Å². The van der Waals surface area contributed by atoms with E-state index in [0.717, 1.165) is 0 Å². The summed E-state index contributed by atoms with van der Waals surface area (Å²) in [7, 11) is 0. The van der Waals surface area contributed by atoms with Crippen molar-refractivity contribution >= 4 is 11.7 Å². The summed E-state index contributed by atoms with van der Waals surface area (Å²) in [5.41, 5.74) is 0.399. The van der Waals surface area contributed by atoms with Crippen LogP contribution in [0.15, 0.2) is 18.2 Å². The number of carbonyl (C=O) groups excluding carboxylic acids is 1. The average Bonchev–Trinajstić information content (AvgIpc) is 2.34. The van der Waals surface area contributed by atoms with E-state index in [2.05, 4.69) is 10.3 Å². The normalized spacial score (nSPS) is 10.5. The smallest absolute Gasteiger partial charge is 0.272 e. The van der Waals surface area contributed by atoms with Gasteiger partial charge in [0.25, 0.3) is 5.91 Å². The third kappa shape index (κ3) is 4.00. The lowest BCUT2D eigenvalue weighted by Gasteiger charge is -2.19. The number of nitrogens with zero attached hydrogens (tertiary/aromatic N) is 2. The Balaban J connectivity index is 2.84. The summed E-state index contributed by atoms with van der Waals surface area (Å²) >= 11 is 0. The van der Waals surface area contributed by atoms with Gasteiger partial charge >= 0.3 is 0 Å². The topological polar surface area (TPSA) is 65.5 Å². The van der Waals surface area contributed by atoms with Crippen LogP contribution in [0.5, 0.6) is 0 Å². The molecule has 0 fully saturated rings. The third-order valence-corrected chi connectivity index (χ3v) is 2.44. The molecule has 1 rings (SSSR count). The number of aliphatic hydroxyl groups is 1. The van der Waals surface area contributed by atoms with Crippen LogP contribution in [0.1, 0.15) is 31.3 Å². The fraction of sp³-hybridized carbons (Fsp3) is 0.538. The summed E-state index contributed by atoms with van der Waals surface area (Å²) in [4.78, 5) is 18.0. The van der Waals surface area contributed by atoms with Crippen LogP contribution in [0.25, 0.3) is 0 Å². The molecule has 0 spiro atoms. The third-order valence-electron chi connectivity index (χ3n) is 2.44. The van der Waals surface area contributed by atoms with Gasteiger partial charge in [-0.1, -0.05) is 6.07 Å². The molecule has 0 aliphatic heterocycles. The summed E-state index contributed by atoms with van der Waals surface area (Å²) < 4.78 is 0. The Labute approximate surface area is 108 Å². The van der Waals surface area contributed by atoms with Crippen molar-refractivity contribution in [2.45, 2.75) is 26.8 Å². The Morgan fingerprint density at radius 3 is 2.78 bits per heavy atom. The molecule has 0 saturated heterocycles. The zero-order valence-electron chi connectivity index (χ0n) is 11.2. The van der Waals surface area contributed by atoms with E-state index in [1.54, 1.807) is 17.0 Å². The van der Waals surface area contributed by atoms with Crippen molar-refractivity contribution < 1.29 is 9.90 Å². The first-order chi connectivity index (χ1) is 8.58. The number of amides is 1. The number of anilines is 1. The number of hydrogen-bond donors (Lipinski definition) is 2. The summed E-state index contributed by atoms with van der Waals surface area (Å²) in [5, 5.41) is 12.1. The Hall–Kier alpha value is -1.62. The number of aromatic nitrogens is 1. The van der Waals surface area contributed by atoms with Gasteiger partial charge in [0, 0.05) is 19.1 Å². The van der Waals surface area contributed by atoms with Gasteiger partial charge in [-0.25, -0.2) is 4.98 Å². The van der Waals surface area contributed by atoms with E-state index < -0.39 is 0 Å². The van der Waals surface area contributed by atoms with E-state index in [-0.39, 0.29) is 18.6 Å². The number of hydrogen-bond acceptors (Lipinski definition) is 4. The highest BCUT2D eigenvalue weighted by Gasteiger charge is 2.15. The van der Waals surface area contributed by atoms with Crippen LogP contribution in [0.2, 0.25) is 0 Å². The zero-order valence-corrected chi connectivity index (χ0v) is 11.2. The first kappa shape index (κ1) is 14.4. The highest BCUT2D eigenvalue weighted by atomic mass is 16.3. The molecule has 0 aliphatic carbocycles. The van der Waals surface area contributed by atoms with Gasteiger partial charge in [-0.2, -0.15) is 0 Å². The maximum atomic E-state index is 12.1. The molecule has 0 unspecified atom stereocenters. The number of rotatable bonds is 6. The molecule has 0 aliphatic rings. The molecule has 1 amide bonds. The number of carbonyl (C=O) groups is 1. The van der Waals surface area contributed by atoms with Crippen LogP contribution in [-0.4, -0.2) is 46.6 Å². The molecule has 0 saturated carbocycles. The molecule has 0 aromatic carbocycles. The predicted molar refractivity (Wildman–Crippen MR) is 71.7 cm³/mol. The number of likely N-dealkylation sites (N-methyl/N-ethyl adjacent to an activating group) is 1. The maximum absolute atomic E-state index is 12.1. The number of pyridine rings is 1. The molecule has 0 radical (unpaired) electrons. The second-order valence-corrected chi connectivity index (χ2v) is 4.32. The van der Waals surface area contributed by atoms with Crippen molar-refractivity contribution in [2.24, 2.45) is 0 Å². The van der Waals surface area contributed by atoms with Gasteiger partial charge in [0.1, 0.15) is 11.5 Å². The van der Waals surface area contributed by atoms with Crippen LogP contribution in [0.4, 0.5) is 5.82 Å². The minimum Gasteiger partial charge on any atom is -0.395 e. The molecule has 18 heavy (non-hydrogen) atoms. The lowest BCUT2D eigenvalue weighted by atomic mass is 10.3. The van der Waals surface area contributed by atoms with E-state index in [1.165, 1.54) is 0 Å². The fourth-order valence-electron chi connectivity index (χ4n) is 1.62. The van der Waals surface area contributed by atoms with Gasteiger partial charge in [0.2, 0.25) is 0 Å². The molecule has 5 heteroatoms. The molecule has 1 aromatic rings. The van der Waals surface area contributed by atoms with Crippen LogP contribution >= 0.6 is 0 Å². The second kappa shape index (κ2) is 6.96. The minimum atomic E-state index is -0.154. The predicted octanol–water partition coefficient (Wildman–Crippen LogP) is 1.36. The van der Waals surface area contributed by atoms with Gasteiger partial charge in [-0.05, 0) is 32.9 Å². The van der Waals surface area contributed by atoms with E-state index in [9.17, 15) is 4.79 Å². The first-order valence-corrected chi connectivity index (χ1v) is 6.22. The standard InChI is InChI=1S/C13H21N3O2/c1-4-16(8-9-17)13(18)11-6-5-7-12(15-11)14-10(2)3/h5-7,10,17H,4,8-9H2,1-3H3,(H,14,15). The van der Waals surface area contributed by atoms with Crippen molar-refractivity contribution in [3.8, 4) is 0 Å². The fourth-order valence-corrected chi connectivity index (χ4v) is 1.62. The Kier molecular flexibility index (Phi) is 5.58. The lowest BCUT2D eigenvalue weighted by molar-refractivity contribution is 0.0726. The molecule has 1 heterocycles. The molecule has 2 N–H and O–H groups in total. The Bertz CT molecular complexity index is 394. The van der Waals surface area contributed by atoms with Crippen LogP contribution < -0.4 is 5.32 Å². The maximum Gasteiger partial charge on any atom is 0.272 e. The van der Waals surface area contributed by atoms with Crippen molar-refractivity contribution in [3.05, 3.63) is 23.9 Å². The van der Waals surface area contributed by atoms with Crippen molar-refractivity contribution in [1.29, 1.82) is 0 Å². The quantitative estimate of drug-likeness (QED) is 0.801. The molecule has 0 bridgehead atoms. The molecular weight excluding hydrogens is 230 g/mol. The van der Waals surface area contributed by atoms with Crippen LogP contribution in [0, 0.1) is 0 Å². The largest absolute Gasteiger partial charge is 0.395 e. The minimum absolute atomic E-state index is 0.0382. The van der Waals surface area contributed by atoms with E-state index in [0.29, 0.717) is 24.6 Å².